The van der Waals surface area contributed by atoms with Crippen LogP contribution in [0, 0.1) is 0 Å². The molecule has 2 aromatic carbocycles. The smallest absolute Gasteiger partial charge is 0.220 e. The molecule has 0 atom stereocenters. The molecule has 0 unspecified atom stereocenters. The molecule has 0 bridgehead atoms. The average Bonchev–Trinajstić information content (AvgIpc) is 2.71. The van der Waals surface area contributed by atoms with Gasteiger partial charge in [-0.3, -0.25) is 9.69 Å². The Morgan fingerprint density at radius 1 is 0.962 bits per heavy atom. The number of nitrogens with one attached hydrogen (secondary N) is 1. The van der Waals surface area contributed by atoms with Crippen molar-refractivity contribution in [3.05, 3.63) is 71.8 Å². The van der Waals surface area contributed by atoms with Gasteiger partial charge in [0.05, 0.1) is 13.2 Å². The van der Waals surface area contributed by atoms with E-state index in [0.717, 1.165) is 45.8 Å². The maximum atomic E-state index is 12.5. The van der Waals surface area contributed by atoms with Crippen LogP contribution in [0.3, 0.4) is 0 Å². The highest BCUT2D eigenvalue weighted by atomic mass is 16.5. The summed E-state index contributed by atoms with van der Waals surface area (Å²) in [5, 5.41) is 3.10. The molecule has 3 rings (SSSR count). The van der Waals surface area contributed by atoms with Gasteiger partial charge in [0.2, 0.25) is 5.91 Å². The predicted molar refractivity (Wildman–Crippen MR) is 104 cm³/mol. The van der Waals surface area contributed by atoms with Crippen molar-refractivity contribution in [2.75, 3.05) is 39.4 Å². The number of amides is 1. The number of carbonyl (C=O) groups is 1. The minimum absolute atomic E-state index is 0.0941. The molecule has 26 heavy (non-hydrogen) atoms. The van der Waals surface area contributed by atoms with Gasteiger partial charge >= 0.3 is 0 Å². The van der Waals surface area contributed by atoms with E-state index in [-0.39, 0.29) is 11.8 Å². The van der Waals surface area contributed by atoms with E-state index in [9.17, 15) is 4.79 Å². The highest BCUT2D eigenvalue weighted by molar-refractivity contribution is 5.77. The summed E-state index contributed by atoms with van der Waals surface area (Å²) >= 11 is 0. The second-order valence-electron chi connectivity index (χ2n) is 6.74. The Kier molecular flexibility index (Phi) is 7.23. The number of hydrogen-bond donors (Lipinski definition) is 1. The van der Waals surface area contributed by atoms with Crippen molar-refractivity contribution in [1.29, 1.82) is 0 Å². The number of morpholine rings is 1. The van der Waals surface area contributed by atoms with Gasteiger partial charge in [-0.05, 0) is 24.1 Å². The van der Waals surface area contributed by atoms with Crippen LogP contribution in [0.25, 0.3) is 0 Å². The van der Waals surface area contributed by atoms with E-state index < -0.39 is 0 Å². The van der Waals surface area contributed by atoms with Gasteiger partial charge in [-0.2, -0.15) is 0 Å². The van der Waals surface area contributed by atoms with Crippen LogP contribution in [0.5, 0.6) is 0 Å². The van der Waals surface area contributed by atoms with Gasteiger partial charge in [0, 0.05) is 32.0 Å². The summed E-state index contributed by atoms with van der Waals surface area (Å²) in [6.07, 6.45) is 1.46. The van der Waals surface area contributed by atoms with Crippen molar-refractivity contribution in [2.24, 2.45) is 0 Å². The van der Waals surface area contributed by atoms with Crippen molar-refractivity contribution in [2.45, 2.75) is 18.8 Å². The fourth-order valence-corrected chi connectivity index (χ4v) is 3.41. The van der Waals surface area contributed by atoms with Crippen molar-refractivity contribution >= 4 is 5.91 Å². The number of rotatable bonds is 8. The number of hydrogen-bond acceptors (Lipinski definition) is 3. The van der Waals surface area contributed by atoms with Crippen molar-refractivity contribution in [3.63, 3.8) is 0 Å². The molecular formula is C22H28N2O2. The first-order valence-electron chi connectivity index (χ1n) is 9.49. The van der Waals surface area contributed by atoms with Gasteiger partial charge in [-0.1, -0.05) is 60.7 Å². The summed E-state index contributed by atoms with van der Waals surface area (Å²) in [5.41, 5.74) is 2.37. The molecule has 138 valence electrons. The minimum atomic E-state index is 0.0941. The lowest BCUT2D eigenvalue weighted by atomic mass is 9.88. The summed E-state index contributed by atoms with van der Waals surface area (Å²) in [4.78, 5) is 14.9. The molecule has 1 amide bonds. The van der Waals surface area contributed by atoms with E-state index in [1.54, 1.807) is 0 Å². The molecular weight excluding hydrogens is 324 g/mol. The van der Waals surface area contributed by atoms with E-state index in [0.29, 0.717) is 6.42 Å². The third-order valence-electron chi connectivity index (χ3n) is 4.87. The number of benzene rings is 2. The minimum Gasteiger partial charge on any atom is -0.379 e. The zero-order valence-corrected chi connectivity index (χ0v) is 15.3. The SMILES string of the molecule is O=C(CC(c1ccccc1)c1ccccc1)NCCCN1CCOCC1. The van der Waals surface area contributed by atoms with Crippen LogP contribution in [-0.2, 0) is 9.53 Å². The number of carbonyl (C=O) groups excluding carboxylic acids is 1. The van der Waals surface area contributed by atoms with Crippen molar-refractivity contribution in [3.8, 4) is 0 Å². The monoisotopic (exact) mass is 352 g/mol. The maximum Gasteiger partial charge on any atom is 0.220 e. The summed E-state index contributed by atoms with van der Waals surface area (Å²) in [6.45, 7) is 5.39. The largest absolute Gasteiger partial charge is 0.379 e. The Labute approximate surface area is 156 Å². The lowest BCUT2D eigenvalue weighted by Crippen LogP contribution is -2.38. The Morgan fingerprint density at radius 2 is 1.54 bits per heavy atom. The molecule has 1 N–H and O–H groups in total. The molecule has 1 aliphatic heterocycles. The first kappa shape index (κ1) is 18.6. The second-order valence-corrected chi connectivity index (χ2v) is 6.74. The molecule has 1 fully saturated rings. The van der Waals surface area contributed by atoms with Crippen LogP contribution in [0.4, 0.5) is 0 Å². The summed E-state index contributed by atoms with van der Waals surface area (Å²) < 4.78 is 5.36. The summed E-state index contributed by atoms with van der Waals surface area (Å²) in [5.74, 6) is 0.210. The molecule has 1 heterocycles. The molecule has 1 saturated heterocycles. The first-order chi connectivity index (χ1) is 12.8. The number of nitrogens with zero attached hydrogens (tertiary/aromatic N) is 1. The fourth-order valence-electron chi connectivity index (χ4n) is 3.41. The van der Waals surface area contributed by atoms with E-state index in [4.69, 9.17) is 4.74 Å². The summed E-state index contributed by atoms with van der Waals surface area (Å²) in [7, 11) is 0. The van der Waals surface area contributed by atoms with Crippen LogP contribution < -0.4 is 5.32 Å². The second kappa shape index (κ2) is 10.1. The highest BCUT2D eigenvalue weighted by Crippen LogP contribution is 2.27. The zero-order valence-electron chi connectivity index (χ0n) is 15.3. The standard InChI is InChI=1S/C22H28N2O2/c25-22(23-12-7-13-24-14-16-26-17-15-24)18-21(19-8-3-1-4-9-19)20-10-5-2-6-11-20/h1-6,8-11,21H,7,12-18H2,(H,23,25). The van der Waals surface area contributed by atoms with Gasteiger partial charge in [0.1, 0.15) is 0 Å². The molecule has 0 aliphatic carbocycles. The molecule has 0 saturated carbocycles. The summed E-state index contributed by atoms with van der Waals surface area (Å²) in [6, 6.07) is 20.6. The van der Waals surface area contributed by atoms with Gasteiger partial charge in [0.25, 0.3) is 0 Å². The molecule has 0 radical (unpaired) electrons. The zero-order chi connectivity index (χ0) is 18.0. The van der Waals surface area contributed by atoms with E-state index in [1.165, 1.54) is 11.1 Å². The lowest BCUT2D eigenvalue weighted by molar-refractivity contribution is -0.121. The molecule has 0 aromatic heterocycles. The van der Waals surface area contributed by atoms with Gasteiger partial charge < -0.3 is 10.1 Å². The molecule has 0 spiro atoms. The predicted octanol–water partition coefficient (Wildman–Crippen LogP) is 3.05. The van der Waals surface area contributed by atoms with Crippen LogP contribution in [-0.4, -0.2) is 50.2 Å². The van der Waals surface area contributed by atoms with Crippen LogP contribution in [0.2, 0.25) is 0 Å². The third-order valence-corrected chi connectivity index (χ3v) is 4.87. The van der Waals surface area contributed by atoms with Gasteiger partial charge in [0.15, 0.2) is 0 Å². The van der Waals surface area contributed by atoms with E-state index in [2.05, 4.69) is 34.5 Å². The molecule has 4 nitrogen and oxygen atoms in total. The van der Waals surface area contributed by atoms with Crippen LogP contribution in [0.15, 0.2) is 60.7 Å². The Bertz CT molecular complexity index is 615. The highest BCUT2D eigenvalue weighted by Gasteiger charge is 2.18. The topological polar surface area (TPSA) is 41.6 Å². The van der Waals surface area contributed by atoms with Crippen LogP contribution in [0.1, 0.15) is 29.9 Å². The van der Waals surface area contributed by atoms with E-state index in [1.807, 2.05) is 36.4 Å². The maximum absolute atomic E-state index is 12.5. The molecule has 4 heteroatoms. The molecule has 2 aromatic rings. The average molecular weight is 352 g/mol. The van der Waals surface area contributed by atoms with Crippen LogP contribution >= 0.6 is 0 Å². The Balaban J connectivity index is 1.51. The third kappa shape index (κ3) is 5.68. The molecule has 1 aliphatic rings. The van der Waals surface area contributed by atoms with Gasteiger partial charge in [-0.15, -0.1) is 0 Å². The Morgan fingerprint density at radius 3 is 2.12 bits per heavy atom. The fraction of sp³-hybridized carbons (Fsp3) is 0.409. The van der Waals surface area contributed by atoms with Crippen molar-refractivity contribution in [1.82, 2.24) is 10.2 Å². The first-order valence-corrected chi connectivity index (χ1v) is 9.49. The lowest BCUT2D eigenvalue weighted by Gasteiger charge is -2.26. The quantitative estimate of drug-likeness (QED) is 0.743. The van der Waals surface area contributed by atoms with Crippen molar-refractivity contribution < 1.29 is 9.53 Å². The normalized spacial score (nSPS) is 15.1. The van der Waals surface area contributed by atoms with Gasteiger partial charge in [-0.25, -0.2) is 0 Å². The van der Waals surface area contributed by atoms with E-state index >= 15 is 0 Å². The number of ether oxygens (including phenoxy) is 1. The Hall–Kier alpha value is -2.17.